The van der Waals surface area contributed by atoms with E-state index >= 15 is 0 Å². The Labute approximate surface area is 94.5 Å². The van der Waals surface area contributed by atoms with E-state index in [2.05, 4.69) is 39.5 Å². The largest absolute Gasteiger partial charge is 0.198 e. The third-order valence-corrected chi connectivity index (χ3v) is 2.60. The summed E-state index contributed by atoms with van der Waals surface area (Å²) in [7, 11) is 0. The molecule has 0 N–H and O–H groups in total. The summed E-state index contributed by atoms with van der Waals surface area (Å²) in [5, 5.41) is 9.05. The molecule has 2 atom stereocenters. The molecule has 0 aromatic carbocycles. The Kier molecular flexibility index (Phi) is 6.79. The third kappa shape index (κ3) is 6.96. The molecule has 2 unspecified atom stereocenters. The molecule has 15 heavy (non-hydrogen) atoms. The Morgan fingerprint density at radius 1 is 1.40 bits per heavy atom. The Morgan fingerprint density at radius 3 is 2.40 bits per heavy atom. The van der Waals surface area contributed by atoms with E-state index < -0.39 is 0 Å². The highest BCUT2D eigenvalue weighted by Crippen LogP contribution is 2.23. The van der Waals surface area contributed by atoms with Crippen LogP contribution in [0.25, 0.3) is 0 Å². The molecule has 0 bridgehead atoms. The maximum atomic E-state index is 9.05. The zero-order valence-corrected chi connectivity index (χ0v) is 10.5. The summed E-state index contributed by atoms with van der Waals surface area (Å²) in [6.07, 6.45) is 5.26. The molecule has 0 aliphatic heterocycles. The number of nitrogens with zero attached hydrogens (tertiary/aromatic N) is 1. The van der Waals surface area contributed by atoms with Crippen molar-refractivity contribution in [2.45, 2.75) is 47.0 Å². The number of hydrogen-bond donors (Lipinski definition) is 0. The average molecular weight is 205 g/mol. The summed E-state index contributed by atoms with van der Waals surface area (Å²) >= 11 is 0. The highest BCUT2D eigenvalue weighted by molar-refractivity contribution is 5.00. The van der Waals surface area contributed by atoms with Gasteiger partial charge in [-0.3, -0.25) is 0 Å². The number of rotatable bonds is 6. The molecular formula is C14H23N. The van der Waals surface area contributed by atoms with Gasteiger partial charge in [0, 0.05) is 0 Å². The first-order valence-electron chi connectivity index (χ1n) is 5.64. The van der Waals surface area contributed by atoms with Gasteiger partial charge in [0.15, 0.2) is 0 Å². The molecule has 0 aromatic heterocycles. The molecular weight excluding hydrogens is 182 g/mol. The highest BCUT2D eigenvalue weighted by Gasteiger charge is 2.15. The van der Waals surface area contributed by atoms with Crippen LogP contribution in [0.15, 0.2) is 23.8 Å². The summed E-state index contributed by atoms with van der Waals surface area (Å²) in [6, 6.07) is 2.39. The molecule has 1 nitrogen and oxygen atoms in total. The molecule has 0 heterocycles. The average Bonchev–Trinajstić information content (AvgIpc) is 2.13. The van der Waals surface area contributed by atoms with Crippen molar-refractivity contribution < 1.29 is 0 Å². The normalized spacial score (nSPS) is 13.8. The molecule has 0 aliphatic rings. The summed E-state index contributed by atoms with van der Waals surface area (Å²) in [4.78, 5) is 0. The van der Waals surface area contributed by atoms with Crippen molar-refractivity contribution in [3.8, 4) is 6.07 Å². The van der Waals surface area contributed by atoms with Crippen molar-refractivity contribution >= 4 is 0 Å². The second-order valence-corrected chi connectivity index (χ2v) is 4.73. The lowest BCUT2D eigenvalue weighted by atomic mass is 9.86. The zero-order valence-electron chi connectivity index (χ0n) is 10.5. The number of allylic oxidation sites excluding steroid dienone is 3. The molecule has 0 aromatic rings. The lowest BCUT2D eigenvalue weighted by molar-refractivity contribution is 0.409. The van der Waals surface area contributed by atoms with Crippen LogP contribution in [-0.2, 0) is 0 Å². The Balaban J connectivity index is 4.06. The zero-order chi connectivity index (χ0) is 11.8. The smallest absolute Gasteiger partial charge is 0.0661 e. The van der Waals surface area contributed by atoms with Crippen molar-refractivity contribution in [3.05, 3.63) is 23.8 Å². The van der Waals surface area contributed by atoms with Gasteiger partial charge in [-0.15, -0.1) is 6.58 Å². The van der Waals surface area contributed by atoms with Gasteiger partial charge in [-0.2, -0.15) is 5.26 Å². The van der Waals surface area contributed by atoms with E-state index in [1.54, 1.807) is 0 Å². The fraction of sp³-hybridized carbons (Fsp3) is 0.643. The SMILES string of the molecule is C=C(C)CC(C#N)C(C)CCC=C(C)C. The molecule has 84 valence electrons. The molecule has 0 radical (unpaired) electrons. The first kappa shape index (κ1) is 14.0. The standard InChI is InChI=1S/C14H23N/c1-11(2)7-6-8-13(5)14(10-15)9-12(3)4/h7,13-14H,3,6,8-9H2,1-2,4-5H3. The van der Waals surface area contributed by atoms with E-state index in [0.29, 0.717) is 5.92 Å². The Bertz CT molecular complexity index is 264. The van der Waals surface area contributed by atoms with Crippen LogP contribution < -0.4 is 0 Å². The van der Waals surface area contributed by atoms with Crippen LogP contribution in [0.2, 0.25) is 0 Å². The predicted molar refractivity (Wildman–Crippen MR) is 66.4 cm³/mol. The molecule has 0 aliphatic carbocycles. The minimum atomic E-state index is 0.132. The third-order valence-electron chi connectivity index (χ3n) is 2.60. The van der Waals surface area contributed by atoms with E-state index in [4.69, 9.17) is 5.26 Å². The summed E-state index contributed by atoms with van der Waals surface area (Å²) in [5.74, 6) is 0.593. The molecule has 0 amide bonds. The van der Waals surface area contributed by atoms with E-state index in [1.165, 1.54) is 5.57 Å². The van der Waals surface area contributed by atoms with Crippen molar-refractivity contribution in [1.29, 1.82) is 5.26 Å². The molecule has 0 rings (SSSR count). The van der Waals surface area contributed by atoms with Gasteiger partial charge in [-0.1, -0.05) is 24.1 Å². The summed E-state index contributed by atoms with van der Waals surface area (Å²) in [5.41, 5.74) is 2.46. The quantitative estimate of drug-likeness (QED) is 0.587. The van der Waals surface area contributed by atoms with Crippen LogP contribution in [0, 0.1) is 23.2 Å². The van der Waals surface area contributed by atoms with E-state index in [9.17, 15) is 0 Å². The maximum Gasteiger partial charge on any atom is 0.0661 e. The fourth-order valence-corrected chi connectivity index (χ4v) is 1.59. The van der Waals surface area contributed by atoms with Crippen LogP contribution in [0.5, 0.6) is 0 Å². The second kappa shape index (κ2) is 7.29. The molecule has 0 saturated carbocycles. The van der Waals surface area contributed by atoms with Gasteiger partial charge in [-0.05, 0) is 46.0 Å². The molecule has 0 spiro atoms. The lowest BCUT2D eigenvalue weighted by Crippen LogP contribution is -2.09. The predicted octanol–water partition coefficient (Wildman–Crippen LogP) is 4.47. The maximum absolute atomic E-state index is 9.05. The Hall–Kier alpha value is -1.03. The topological polar surface area (TPSA) is 23.8 Å². The molecule has 0 saturated heterocycles. The molecule has 1 heteroatoms. The highest BCUT2D eigenvalue weighted by atomic mass is 14.3. The van der Waals surface area contributed by atoms with Crippen molar-refractivity contribution in [1.82, 2.24) is 0 Å². The van der Waals surface area contributed by atoms with E-state index in [1.807, 2.05) is 6.92 Å². The van der Waals surface area contributed by atoms with Crippen LogP contribution in [0.4, 0.5) is 0 Å². The van der Waals surface area contributed by atoms with Gasteiger partial charge in [0.2, 0.25) is 0 Å². The summed E-state index contributed by atoms with van der Waals surface area (Å²) in [6.45, 7) is 12.2. The van der Waals surface area contributed by atoms with Crippen molar-refractivity contribution in [2.24, 2.45) is 11.8 Å². The minimum Gasteiger partial charge on any atom is -0.198 e. The van der Waals surface area contributed by atoms with Gasteiger partial charge < -0.3 is 0 Å². The van der Waals surface area contributed by atoms with E-state index in [-0.39, 0.29) is 5.92 Å². The first-order chi connectivity index (χ1) is 6.97. The van der Waals surface area contributed by atoms with Crippen molar-refractivity contribution in [2.75, 3.05) is 0 Å². The van der Waals surface area contributed by atoms with Crippen LogP contribution in [-0.4, -0.2) is 0 Å². The van der Waals surface area contributed by atoms with Gasteiger partial charge in [-0.25, -0.2) is 0 Å². The van der Waals surface area contributed by atoms with Crippen molar-refractivity contribution in [3.63, 3.8) is 0 Å². The van der Waals surface area contributed by atoms with Gasteiger partial charge in [0.1, 0.15) is 0 Å². The monoisotopic (exact) mass is 205 g/mol. The van der Waals surface area contributed by atoms with Crippen LogP contribution in [0.1, 0.15) is 47.0 Å². The summed E-state index contributed by atoms with van der Waals surface area (Å²) < 4.78 is 0. The van der Waals surface area contributed by atoms with Gasteiger partial charge >= 0.3 is 0 Å². The minimum absolute atomic E-state index is 0.132. The first-order valence-corrected chi connectivity index (χ1v) is 5.64. The van der Waals surface area contributed by atoms with E-state index in [0.717, 1.165) is 24.8 Å². The second-order valence-electron chi connectivity index (χ2n) is 4.73. The lowest BCUT2D eigenvalue weighted by Gasteiger charge is -2.16. The van der Waals surface area contributed by atoms with Crippen LogP contribution in [0.3, 0.4) is 0 Å². The number of nitriles is 1. The molecule has 0 fully saturated rings. The Morgan fingerprint density at radius 2 is 2.00 bits per heavy atom. The van der Waals surface area contributed by atoms with Gasteiger partial charge in [0.05, 0.1) is 12.0 Å². The van der Waals surface area contributed by atoms with Crippen LogP contribution >= 0.6 is 0 Å². The fourth-order valence-electron chi connectivity index (χ4n) is 1.59. The number of hydrogen-bond acceptors (Lipinski definition) is 1. The van der Waals surface area contributed by atoms with Gasteiger partial charge in [0.25, 0.3) is 0 Å².